The van der Waals surface area contributed by atoms with E-state index in [2.05, 4.69) is 53.7 Å². The van der Waals surface area contributed by atoms with Gasteiger partial charge in [-0.2, -0.15) is 0 Å². The van der Waals surface area contributed by atoms with Gasteiger partial charge in [0, 0.05) is 5.56 Å². The van der Waals surface area contributed by atoms with Crippen molar-refractivity contribution in [3.8, 4) is 5.75 Å². The van der Waals surface area contributed by atoms with Crippen LogP contribution in [-0.4, -0.2) is 4.89 Å². The quantitative estimate of drug-likeness (QED) is 0.307. The van der Waals surface area contributed by atoms with Gasteiger partial charge in [0.05, 0.1) is 0 Å². The molecule has 1 N–H and O–H groups in total. The fourth-order valence-electron chi connectivity index (χ4n) is 3.46. The van der Waals surface area contributed by atoms with E-state index in [1.807, 2.05) is 54.6 Å². The minimum absolute atomic E-state index is 0.00690. The molecule has 33 heavy (non-hydrogen) atoms. The second-order valence-electron chi connectivity index (χ2n) is 10.1. The lowest BCUT2D eigenvalue weighted by Crippen LogP contribution is -2.16. The van der Waals surface area contributed by atoms with Crippen LogP contribution in [0.15, 0.2) is 79.1 Å². The van der Waals surface area contributed by atoms with E-state index in [0.717, 1.165) is 16.3 Å². The van der Waals surface area contributed by atoms with Crippen molar-refractivity contribution in [2.24, 2.45) is 0 Å². The topological polar surface area (TPSA) is 68.9 Å². The number of hydrogen-bond acceptors (Lipinski definition) is 5. The smallest absolute Gasteiger partial charge is 0.399 e. The molecule has 0 aliphatic heterocycles. The Balaban J connectivity index is 1.91. The maximum absolute atomic E-state index is 10.5. The van der Waals surface area contributed by atoms with E-state index in [4.69, 9.17) is 16.9 Å². The molecule has 0 saturated carbocycles. The molecule has 6 aromatic rings. The van der Waals surface area contributed by atoms with Gasteiger partial charge in [-0.25, -0.2) is 0 Å². The van der Waals surface area contributed by atoms with Crippen LogP contribution >= 0.6 is 16.5 Å². The van der Waals surface area contributed by atoms with Crippen LogP contribution in [-0.2, 0) is 10.8 Å². The van der Waals surface area contributed by atoms with Gasteiger partial charge in [0.1, 0.15) is 16.9 Å². The Morgan fingerprint density at radius 2 is 1.24 bits per heavy atom. The van der Waals surface area contributed by atoms with Crippen molar-refractivity contribution >= 4 is 38.4 Å². The SMILES string of the molecule is CC(C)(C)c1ccc(Op2oc3ccc(cc3)c3ccc(cc3)op(O)o2)c(C(C)(C)C)c1. The Bertz CT molecular complexity index is 1340. The summed E-state index contributed by atoms with van der Waals surface area (Å²) in [6, 6.07) is 21.4. The molecule has 2 atom stereocenters. The normalized spacial score (nSPS) is 13.2. The highest BCUT2D eigenvalue weighted by atomic mass is 31.2. The molecule has 0 fully saturated rings. The van der Waals surface area contributed by atoms with Gasteiger partial charge < -0.3 is 16.9 Å². The summed E-state index contributed by atoms with van der Waals surface area (Å²) in [4.78, 5) is 10.5. The van der Waals surface area contributed by atoms with Crippen molar-refractivity contribution in [3.05, 3.63) is 77.9 Å². The largest absolute Gasteiger partial charge is 0.459 e. The van der Waals surface area contributed by atoms with Gasteiger partial charge in [-0.05, 0) is 57.5 Å². The summed E-state index contributed by atoms with van der Waals surface area (Å²) in [5.41, 5.74) is 3.21. The average molecular weight is 484 g/mol. The van der Waals surface area contributed by atoms with Crippen LogP contribution in [0, 0.1) is 0 Å². The Labute approximate surface area is 196 Å². The lowest BCUT2D eigenvalue weighted by atomic mass is 9.80. The third-order valence-corrected chi connectivity index (χ3v) is 7.53. The highest BCUT2D eigenvalue weighted by molar-refractivity contribution is 7.40. The molecule has 0 aliphatic carbocycles. The van der Waals surface area contributed by atoms with Gasteiger partial charge in [0.2, 0.25) is 0 Å². The van der Waals surface area contributed by atoms with E-state index in [0.29, 0.717) is 16.9 Å². The highest BCUT2D eigenvalue weighted by Gasteiger charge is 2.24. The van der Waals surface area contributed by atoms with Crippen LogP contribution in [0.4, 0.5) is 0 Å². The van der Waals surface area contributed by atoms with Gasteiger partial charge in [0.15, 0.2) is 0 Å². The molecule has 5 nitrogen and oxygen atoms in total. The summed E-state index contributed by atoms with van der Waals surface area (Å²) in [5.74, 6) is 0.662. The summed E-state index contributed by atoms with van der Waals surface area (Å²) in [5, 5.41) is 2.10. The monoisotopic (exact) mass is 484 g/mol. The van der Waals surface area contributed by atoms with Crippen molar-refractivity contribution in [2.45, 2.75) is 52.4 Å². The van der Waals surface area contributed by atoms with Gasteiger partial charge in [-0.1, -0.05) is 77.9 Å². The van der Waals surface area contributed by atoms with Crippen LogP contribution in [0.1, 0.15) is 52.7 Å². The molecular weight excluding hydrogens is 454 g/mol. The van der Waals surface area contributed by atoms with Crippen molar-refractivity contribution < 1.29 is 21.8 Å². The van der Waals surface area contributed by atoms with Gasteiger partial charge in [-0.15, -0.1) is 0 Å². The van der Waals surface area contributed by atoms with Crippen LogP contribution in [0.2, 0.25) is 0 Å². The van der Waals surface area contributed by atoms with E-state index in [9.17, 15) is 4.89 Å². The molecule has 0 aliphatic rings. The molecule has 3 heterocycles. The summed E-state index contributed by atoms with van der Waals surface area (Å²) in [7, 11) is -4.25. The van der Waals surface area contributed by atoms with E-state index in [1.54, 1.807) is 0 Å². The minimum atomic E-state index is -2.26. The van der Waals surface area contributed by atoms with E-state index >= 15 is 0 Å². The summed E-state index contributed by atoms with van der Waals surface area (Å²) < 4.78 is 23.7. The maximum atomic E-state index is 10.5. The van der Waals surface area contributed by atoms with Crippen LogP contribution in [0.5, 0.6) is 5.75 Å². The zero-order valence-corrected chi connectivity index (χ0v) is 21.6. The first-order valence-electron chi connectivity index (χ1n) is 10.9. The molecule has 7 heteroatoms. The zero-order chi connectivity index (χ0) is 23.8. The van der Waals surface area contributed by atoms with Crippen molar-refractivity contribution in [1.82, 2.24) is 0 Å². The van der Waals surface area contributed by atoms with Crippen LogP contribution < -0.4 is 4.52 Å². The van der Waals surface area contributed by atoms with Gasteiger partial charge in [-0.3, -0.25) is 4.89 Å². The standard InChI is InChI=1S/C26H30O5P2/c1-25(2,3)20-11-16-24(23(17-20)26(4,5)6)30-33-29-22-14-9-19(10-15-22)18-7-12-21(13-8-18)28-32(27)31-33/h7-17,27H,1-6H3. The second-order valence-corrected chi connectivity index (χ2v) is 12.2. The van der Waals surface area contributed by atoms with Gasteiger partial charge in [0.25, 0.3) is 0 Å². The van der Waals surface area contributed by atoms with Crippen molar-refractivity contribution in [2.75, 3.05) is 0 Å². The fraction of sp³-hybridized carbons (Fsp3) is 0.308. The first-order chi connectivity index (χ1) is 15.5. The Kier molecular flexibility index (Phi) is 6.42. The van der Waals surface area contributed by atoms with Crippen molar-refractivity contribution in [3.63, 3.8) is 0 Å². The molecule has 0 spiro atoms. The average Bonchev–Trinajstić information content (AvgIpc) is 2.76. The molecule has 0 radical (unpaired) electrons. The molecule has 6 rings (SSSR count). The molecule has 3 aromatic heterocycles. The number of fused-ring (bicyclic) bond motifs is 2. The number of hydrogen-bond donors (Lipinski definition) is 1. The Morgan fingerprint density at radius 3 is 1.76 bits per heavy atom. The fourth-order valence-corrected chi connectivity index (χ4v) is 5.27. The number of benzene rings is 3. The molecular formula is C26H30O5P2. The van der Waals surface area contributed by atoms with Crippen LogP contribution in [0.25, 0.3) is 21.9 Å². The molecule has 2 unspecified atom stereocenters. The van der Waals surface area contributed by atoms with E-state index in [1.165, 1.54) is 5.56 Å². The molecule has 174 valence electrons. The molecule has 0 saturated heterocycles. The van der Waals surface area contributed by atoms with E-state index in [-0.39, 0.29) is 10.8 Å². The van der Waals surface area contributed by atoms with E-state index < -0.39 is 16.5 Å². The lowest BCUT2D eigenvalue weighted by Gasteiger charge is -2.26. The number of rotatable bonds is 2. The lowest BCUT2D eigenvalue weighted by molar-refractivity contribution is 0.455. The molecule has 4 bridgehead atoms. The summed E-state index contributed by atoms with van der Waals surface area (Å²) >= 11 is 0. The predicted molar refractivity (Wildman–Crippen MR) is 136 cm³/mol. The second kappa shape index (κ2) is 8.99. The molecule has 0 amide bonds. The molecule has 3 aromatic carbocycles. The summed E-state index contributed by atoms with van der Waals surface area (Å²) in [6.07, 6.45) is 0. The third-order valence-electron chi connectivity index (χ3n) is 5.37. The third kappa shape index (κ3) is 5.68. The van der Waals surface area contributed by atoms with Crippen LogP contribution in [0.3, 0.4) is 0 Å². The highest BCUT2D eigenvalue weighted by Crippen LogP contribution is 2.42. The maximum Gasteiger partial charge on any atom is 0.459 e. The van der Waals surface area contributed by atoms with Crippen molar-refractivity contribution in [1.29, 1.82) is 0 Å². The first kappa shape index (κ1) is 23.6. The first-order valence-corrected chi connectivity index (χ1v) is 13.1. The van der Waals surface area contributed by atoms with Gasteiger partial charge >= 0.3 is 16.5 Å². The Morgan fingerprint density at radius 1 is 0.697 bits per heavy atom. The summed E-state index contributed by atoms with van der Waals surface area (Å²) in [6.45, 7) is 13.0. The Hall–Kier alpha value is -2.58. The zero-order valence-electron chi connectivity index (χ0n) is 19.8. The predicted octanol–water partition coefficient (Wildman–Crippen LogP) is 9.19. The minimum Gasteiger partial charge on any atom is -0.399 e.